The van der Waals surface area contributed by atoms with E-state index in [-0.39, 0.29) is 6.10 Å². The van der Waals surface area contributed by atoms with Gasteiger partial charge in [-0.1, -0.05) is 25.5 Å². The van der Waals surface area contributed by atoms with E-state index in [9.17, 15) is 10.2 Å². The van der Waals surface area contributed by atoms with Gasteiger partial charge in [0.25, 0.3) is 0 Å². The average Bonchev–Trinajstić information content (AvgIpc) is 2.47. The van der Waals surface area contributed by atoms with E-state index in [0.29, 0.717) is 12.5 Å². The SMILES string of the molecule is CCC[C@@H](O)c1cccc(OC[C@H]2CC[C@H](O)CC2)c1. The van der Waals surface area contributed by atoms with Gasteiger partial charge in [-0.25, -0.2) is 0 Å². The molecule has 1 aromatic carbocycles. The molecule has 3 heteroatoms. The molecule has 3 nitrogen and oxygen atoms in total. The summed E-state index contributed by atoms with van der Waals surface area (Å²) in [5.41, 5.74) is 0.934. The molecule has 0 spiro atoms. The summed E-state index contributed by atoms with van der Waals surface area (Å²) in [5, 5.41) is 19.5. The van der Waals surface area contributed by atoms with Crippen molar-refractivity contribution < 1.29 is 14.9 Å². The fourth-order valence-corrected chi connectivity index (χ4v) is 2.78. The Morgan fingerprint density at radius 2 is 2.00 bits per heavy atom. The number of rotatable bonds is 6. The maximum atomic E-state index is 10.0. The van der Waals surface area contributed by atoms with Gasteiger partial charge in [0.05, 0.1) is 18.8 Å². The van der Waals surface area contributed by atoms with Crippen LogP contribution in [0.3, 0.4) is 0 Å². The van der Waals surface area contributed by atoms with E-state index in [0.717, 1.165) is 49.8 Å². The zero-order valence-corrected chi connectivity index (χ0v) is 12.3. The van der Waals surface area contributed by atoms with Crippen LogP contribution < -0.4 is 4.74 Å². The summed E-state index contributed by atoms with van der Waals surface area (Å²) in [6.45, 7) is 2.78. The highest BCUT2D eigenvalue weighted by atomic mass is 16.5. The molecule has 2 rings (SSSR count). The van der Waals surface area contributed by atoms with Crippen LogP contribution >= 0.6 is 0 Å². The first kappa shape index (κ1) is 15.3. The minimum absolute atomic E-state index is 0.112. The van der Waals surface area contributed by atoms with Crippen molar-refractivity contribution in [3.8, 4) is 5.75 Å². The molecule has 1 saturated carbocycles. The summed E-state index contributed by atoms with van der Waals surface area (Å²) >= 11 is 0. The monoisotopic (exact) mass is 278 g/mol. The second-order valence-electron chi connectivity index (χ2n) is 5.86. The van der Waals surface area contributed by atoms with E-state index in [1.54, 1.807) is 0 Å². The van der Waals surface area contributed by atoms with Gasteiger partial charge in [-0.3, -0.25) is 0 Å². The molecule has 0 unspecified atom stereocenters. The quantitative estimate of drug-likeness (QED) is 0.838. The van der Waals surface area contributed by atoms with Crippen molar-refractivity contribution in [2.45, 2.75) is 57.7 Å². The van der Waals surface area contributed by atoms with Gasteiger partial charge in [-0.2, -0.15) is 0 Å². The molecule has 0 aromatic heterocycles. The van der Waals surface area contributed by atoms with Crippen molar-refractivity contribution in [3.63, 3.8) is 0 Å². The molecule has 1 aliphatic carbocycles. The third-order valence-corrected chi connectivity index (χ3v) is 4.11. The summed E-state index contributed by atoms with van der Waals surface area (Å²) in [4.78, 5) is 0. The van der Waals surface area contributed by atoms with Gasteiger partial charge in [-0.15, -0.1) is 0 Å². The molecule has 112 valence electrons. The molecule has 0 saturated heterocycles. The van der Waals surface area contributed by atoms with Crippen LogP contribution in [-0.2, 0) is 0 Å². The van der Waals surface area contributed by atoms with Crippen molar-refractivity contribution in [1.82, 2.24) is 0 Å². The normalized spacial score (nSPS) is 24.4. The number of hydrogen-bond donors (Lipinski definition) is 2. The van der Waals surface area contributed by atoms with Gasteiger partial charge in [0.1, 0.15) is 5.75 Å². The first-order valence-electron chi connectivity index (χ1n) is 7.78. The Morgan fingerprint density at radius 3 is 2.70 bits per heavy atom. The number of ether oxygens (including phenoxy) is 1. The summed E-state index contributed by atoms with van der Waals surface area (Å²) < 4.78 is 5.86. The van der Waals surface area contributed by atoms with Crippen molar-refractivity contribution >= 4 is 0 Å². The second-order valence-corrected chi connectivity index (χ2v) is 5.86. The summed E-state index contributed by atoms with van der Waals surface area (Å²) in [7, 11) is 0. The Labute approximate surface area is 121 Å². The smallest absolute Gasteiger partial charge is 0.119 e. The van der Waals surface area contributed by atoms with Gasteiger partial charge in [0, 0.05) is 0 Å². The Hall–Kier alpha value is -1.06. The molecule has 0 bridgehead atoms. The molecule has 2 N–H and O–H groups in total. The molecule has 0 aliphatic heterocycles. The van der Waals surface area contributed by atoms with Crippen LogP contribution in [0, 0.1) is 5.92 Å². The van der Waals surface area contributed by atoms with Crippen LogP contribution in [0.15, 0.2) is 24.3 Å². The zero-order valence-electron chi connectivity index (χ0n) is 12.3. The van der Waals surface area contributed by atoms with Crippen LogP contribution in [-0.4, -0.2) is 22.9 Å². The summed E-state index contributed by atoms with van der Waals surface area (Å²) in [5.74, 6) is 1.38. The number of hydrogen-bond acceptors (Lipinski definition) is 3. The predicted molar refractivity (Wildman–Crippen MR) is 79.8 cm³/mol. The fraction of sp³-hybridized carbons (Fsp3) is 0.647. The van der Waals surface area contributed by atoms with Crippen LogP contribution in [0.1, 0.15) is 57.1 Å². The molecule has 0 heterocycles. The first-order chi connectivity index (χ1) is 9.69. The molecule has 1 fully saturated rings. The van der Waals surface area contributed by atoms with E-state index >= 15 is 0 Å². The maximum absolute atomic E-state index is 10.0. The molecule has 20 heavy (non-hydrogen) atoms. The first-order valence-corrected chi connectivity index (χ1v) is 7.78. The molecule has 1 aromatic rings. The van der Waals surface area contributed by atoms with Crippen molar-refractivity contribution in [3.05, 3.63) is 29.8 Å². The molecule has 0 amide bonds. The van der Waals surface area contributed by atoms with Crippen molar-refractivity contribution in [2.75, 3.05) is 6.61 Å². The van der Waals surface area contributed by atoms with Crippen LogP contribution in [0.25, 0.3) is 0 Å². The molecule has 0 radical (unpaired) electrons. The summed E-state index contributed by atoms with van der Waals surface area (Å²) in [6, 6.07) is 7.77. The van der Waals surface area contributed by atoms with Crippen LogP contribution in [0.4, 0.5) is 0 Å². The number of aliphatic hydroxyl groups excluding tert-OH is 2. The minimum Gasteiger partial charge on any atom is -0.493 e. The Balaban J connectivity index is 1.85. The van der Waals surface area contributed by atoms with E-state index < -0.39 is 6.10 Å². The van der Waals surface area contributed by atoms with Crippen molar-refractivity contribution in [1.29, 1.82) is 0 Å². The van der Waals surface area contributed by atoms with Crippen molar-refractivity contribution in [2.24, 2.45) is 5.92 Å². The maximum Gasteiger partial charge on any atom is 0.119 e. The highest BCUT2D eigenvalue weighted by molar-refractivity contribution is 5.29. The zero-order chi connectivity index (χ0) is 14.4. The van der Waals surface area contributed by atoms with E-state index in [1.165, 1.54) is 0 Å². The van der Waals surface area contributed by atoms with E-state index in [2.05, 4.69) is 6.92 Å². The average molecular weight is 278 g/mol. The van der Waals surface area contributed by atoms with Gasteiger partial charge in [0.15, 0.2) is 0 Å². The standard InChI is InChI=1S/C17H26O3/c1-2-4-17(19)14-5-3-6-16(11-14)20-12-13-7-9-15(18)10-8-13/h3,5-6,11,13,15,17-19H,2,4,7-10,12H2,1H3/t13-,15-,17-/m1/s1. The van der Waals surface area contributed by atoms with E-state index in [1.807, 2.05) is 24.3 Å². The molecular formula is C17H26O3. The number of benzene rings is 1. The Bertz CT molecular complexity index is 397. The predicted octanol–water partition coefficient (Wildman–Crippen LogP) is 3.45. The lowest BCUT2D eigenvalue weighted by molar-refractivity contribution is 0.0916. The lowest BCUT2D eigenvalue weighted by atomic mass is 9.88. The van der Waals surface area contributed by atoms with Crippen LogP contribution in [0.5, 0.6) is 5.75 Å². The minimum atomic E-state index is -0.395. The largest absolute Gasteiger partial charge is 0.493 e. The third-order valence-electron chi connectivity index (χ3n) is 4.11. The Morgan fingerprint density at radius 1 is 1.25 bits per heavy atom. The lowest BCUT2D eigenvalue weighted by Gasteiger charge is -2.25. The van der Waals surface area contributed by atoms with Gasteiger partial charge >= 0.3 is 0 Å². The third kappa shape index (κ3) is 4.50. The number of aliphatic hydroxyl groups is 2. The second kappa shape index (κ2) is 7.65. The Kier molecular flexibility index (Phi) is 5.86. The van der Waals surface area contributed by atoms with Gasteiger partial charge in [0.2, 0.25) is 0 Å². The van der Waals surface area contributed by atoms with E-state index in [4.69, 9.17) is 4.74 Å². The highest BCUT2D eigenvalue weighted by Gasteiger charge is 2.19. The van der Waals surface area contributed by atoms with Gasteiger partial charge in [-0.05, 0) is 55.7 Å². The lowest BCUT2D eigenvalue weighted by Crippen LogP contribution is -2.22. The molecule has 1 aliphatic rings. The summed E-state index contributed by atoms with van der Waals surface area (Å²) in [6.07, 6.45) is 5.11. The van der Waals surface area contributed by atoms with Gasteiger partial charge < -0.3 is 14.9 Å². The topological polar surface area (TPSA) is 49.7 Å². The molecular weight excluding hydrogens is 252 g/mol. The highest BCUT2D eigenvalue weighted by Crippen LogP contribution is 2.26. The van der Waals surface area contributed by atoms with Crippen LogP contribution in [0.2, 0.25) is 0 Å². The molecule has 1 atom stereocenters. The fourth-order valence-electron chi connectivity index (χ4n) is 2.78.